The minimum absolute atomic E-state index is 0.108. The first-order valence-corrected chi connectivity index (χ1v) is 5.02. The topological polar surface area (TPSA) is 80.4 Å². The lowest BCUT2D eigenvalue weighted by Crippen LogP contribution is -2.03. The van der Waals surface area contributed by atoms with Crippen LogP contribution in [0.15, 0.2) is 24.3 Å². The van der Waals surface area contributed by atoms with E-state index in [1.165, 1.54) is 4.52 Å². The lowest BCUT2D eigenvalue weighted by Gasteiger charge is -2.05. The Morgan fingerprint density at radius 1 is 1.41 bits per heavy atom. The monoisotopic (exact) mass is 228 g/mol. The van der Waals surface area contributed by atoms with Gasteiger partial charge in [-0.15, -0.1) is 5.10 Å². The van der Waals surface area contributed by atoms with Crippen molar-refractivity contribution in [1.82, 2.24) is 20.0 Å². The number of nitrogens with zero attached hydrogens (tertiary/aromatic N) is 4. The van der Waals surface area contributed by atoms with E-state index < -0.39 is 5.97 Å². The third kappa shape index (κ3) is 1.27. The zero-order valence-corrected chi connectivity index (χ0v) is 8.95. The molecule has 0 spiro atoms. The molecule has 0 amide bonds. The minimum Gasteiger partial charge on any atom is -0.478 e. The number of hydrogen-bond acceptors (Lipinski definition) is 4. The average Bonchev–Trinajstić information content (AvgIpc) is 2.77. The van der Waals surface area contributed by atoms with Crippen molar-refractivity contribution < 1.29 is 9.90 Å². The van der Waals surface area contributed by atoms with Crippen LogP contribution < -0.4 is 0 Å². The summed E-state index contributed by atoms with van der Waals surface area (Å²) in [6, 6.07) is 7.28. The minimum atomic E-state index is -1.03. The number of pyridine rings is 1. The summed E-state index contributed by atoms with van der Waals surface area (Å²) in [7, 11) is 0. The van der Waals surface area contributed by atoms with Gasteiger partial charge in [0.15, 0.2) is 5.65 Å². The van der Waals surface area contributed by atoms with Crippen molar-refractivity contribution in [3.63, 3.8) is 0 Å². The van der Waals surface area contributed by atoms with Crippen LogP contribution in [0.3, 0.4) is 0 Å². The van der Waals surface area contributed by atoms with Crippen LogP contribution in [0.5, 0.6) is 0 Å². The highest BCUT2D eigenvalue weighted by Crippen LogP contribution is 2.21. The molecule has 2 heterocycles. The summed E-state index contributed by atoms with van der Waals surface area (Å²) in [4.78, 5) is 11.2. The number of carbonyl (C=O) groups is 1. The average molecular weight is 228 g/mol. The fraction of sp³-hybridized carbons (Fsp3) is 0.0909. The fourth-order valence-corrected chi connectivity index (χ4v) is 1.92. The molecule has 3 aromatic rings. The number of tetrazole rings is 1. The van der Waals surface area contributed by atoms with E-state index in [1.54, 1.807) is 6.07 Å². The molecule has 0 aliphatic carbocycles. The number of benzene rings is 1. The van der Waals surface area contributed by atoms with Gasteiger partial charge in [-0.25, -0.2) is 4.79 Å². The number of aryl methyl sites for hydroxylation is 1. The largest absolute Gasteiger partial charge is 0.478 e. The summed E-state index contributed by atoms with van der Waals surface area (Å²) in [6.07, 6.45) is 0. The van der Waals surface area contributed by atoms with Gasteiger partial charge >= 0.3 is 5.97 Å². The van der Waals surface area contributed by atoms with Crippen molar-refractivity contribution in [2.24, 2.45) is 0 Å². The molecule has 6 nitrogen and oxygen atoms in total. The van der Waals surface area contributed by atoms with Crippen LogP contribution in [0, 0.1) is 6.92 Å². The number of carboxylic acid groups (broad SMARTS) is 1. The normalized spacial score (nSPS) is 11.1. The van der Waals surface area contributed by atoms with Crippen molar-refractivity contribution in [3.05, 3.63) is 35.4 Å². The summed E-state index contributed by atoms with van der Waals surface area (Å²) in [6.45, 7) is 1.92. The van der Waals surface area contributed by atoms with Gasteiger partial charge in [-0.2, -0.15) is 4.52 Å². The molecule has 0 fully saturated rings. The quantitative estimate of drug-likeness (QED) is 0.678. The van der Waals surface area contributed by atoms with E-state index >= 15 is 0 Å². The number of carboxylic acids is 1. The summed E-state index contributed by atoms with van der Waals surface area (Å²) in [5.41, 5.74) is 2.16. The van der Waals surface area contributed by atoms with Crippen LogP contribution in [0.1, 0.15) is 15.9 Å². The molecule has 0 aliphatic heterocycles. The summed E-state index contributed by atoms with van der Waals surface area (Å²) < 4.78 is 1.45. The molecule has 0 atom stereocenters. The molecule has 17 heavy (non-hydrogen) atoms. The molecule has 0 saturated carbocycles. The smallest absolute Gasteiger partial charge is 0.339 e. The van der Waals surface area contributed by atoms with Gasteiger partial charge < -0.3 is 5.11 Å². The molecule has 1 aromatic carbocycles. The highest BCUT2D eigenvalue weighted by Gasteiger charge is 2.15. The van der Waals surface area contributed by atoms with E-state index in [9.17, 15) is 4.79 Å². The Balaban J connectivity index is 2.60. The van der Waals surface area contributed by atoms with Crippen LogP contribution >= 0.6 is 0 Å². The van der Waals surface area contributed by atoms with Gasteiger partial charge in [0.2, 0.25) is 0 Å². The molecule has 0 radical (unpaired) electrons. The lowest BCUT2D eigenvalue weighted by atomic mass is 10.1. The van der Waals surface area contributed by atoms with E-state index in [1.807, 2.05) is 25.1 Å². The highest BCUT2D eigenvalue weighted by molar-refractivity contribution is 5.99. The van der Waals surface area contributed by atoms with Gasteiger partial charge in [0.1, 0.15) is 5.56 Å². The Bertz CT molecular complexity index is 748. The standard InChI is InChI=1S/C11H8N4O2/c1-6-3-2-4-9-7(6)5-8(11(16)17)10-12-13-14-15(9)10/h2-5H,1H3,(H,16,17). The maximum atomic E-state index is 11.2. The van der Waals surface area contributed by atoms with Crippen LogP contribution in [0.2, 0.25) is 0 Å². The highest BCUT2D eigenvalue weighted by atomic mass is 16.4. The van der Waals surface area contributed by atoms with Crippen LogP contribution in [-0.2, 0) is 0 Å². The molecular weight excluding hydrogens is 220 g/mol. The molecule has 1 N–H and O–H groups in total. The second-order valence-electron chi connectivity index (χ2n) is 3.79. The van der Waals surface area contributed by atoms with Gasteiger partial charge in [-0.1, -0.05) is 12.1 Å². The number of aromatic nitrogens is 4. The first kappa shape index (κ1) is 9.71. The SMILES string of the molecule is Cc1cccc2c1cc(C(=O)O)c1nnnn12. The maximum absolute atomic E-state index is 11.2. The first-order chi connectivity index (χ1) is 8.18. The molecule has 3 rings (SSSR count). The second kappa shape index (κ2) is 3.24. The van der Waals surface area contributed by atoms with Gasteiger partial charge in [0.05, 0.1) is 5.52 Å². The number of hydrogen-bond donors (Lipinski definition) is 1. The molecular formula is C11H8N4O2. The van der Waals surface area contributed by atoms with Gasteiger partial charge in [-0.05, 0) is 35.0 Å². The van der Waals surface area contributed by atoms with Gasteiger partial charge in [-0.3, -0.25) is 0 Å². The molecule has 0 aliphatic rings. The zero-order chi connectivity index (χ0) is 12.0. The Morgan fingerprint density at radius 3 is 3.00 bits per heavy atom. The van der Waals surface area contributed by atoms with Crippen LogP contribution in [-0.4, -0.2) is 31.1 Å². The van der Waals surface area contributed by atoms with E-state index in [-0.39, 0.29) is 11.2 Å². The second-order valence-corrected chi connectivity index (χ2v) is 3.79. The lowest BCUT2D eigenvalue weighted by molar-refractivity contribution is 0.0698. The number of rotatable bonds is 1. The summed E-state index contributed by atoms with van der Waals surface area (Å²) in [5, 5.41) is 21.1. The van der Waals surface area contributed by atoms with Crippen molar-refractivity contribution in [2.75, 3.05) is 0 Å². The maximum Gasteiger partial charge on any atom is 0.339 e. The fourth-order valence-electron chi connectivity index (χ4n) is 1.92. The van der Waals surface area contributed by atoms with E-state index in [0.717, 1.165) is 16.5 Å². The summed E-state index contributed by atoms with van der Waals surface area (Å²) in [5.74, 6) is -1.03. The van der Waals surface area contributed by atoms with Crippen molar-refractivity contribution in [1.29, 1.82) is 0 Å². The number of fused-ring (bicyclic) bond motifs is 3. The van der Waals surface area contributed by atoms with Crippen molar-refractivity contribution >= 4 is 22.5 Å². The predicted molar refractivity (Wildman–Crippen MR) is 60.0 cm³/mol. The number of aromatic carboxylic acids is 1. The van der Waals surface area contributed by atoms with Crippen LogP contribution in [0.25, 0.3) is 16.6 Å². The molecule has 2 aromatic heterocycles. The Kier molecular flexibility index (Phi) is 1.85. The van der Waals surface area contributed by atoms with Crippen molar-refractivity contribution in [3.8, 4) is 0 Å². The van der Waals surface area contributed by atoms with Crippen molar-refractivity contribution in [2.45, 2.75) is 6.92 Å². The molecule has 0 unspecified atom stereocenters. The Hall–Kier alpha value is -2.50. The first-order valence-electron chi connectivity index (χ1n) is 5.02. The Labute approximate surface area is 95.5 Å². The van der Waals surface area contributed by atoms with Gasteiger partial charge in [0, 0.05) is 5.39 Å². The Morgan fingerprint density at radius 2 is 2.24 bits per heavy atom. The van der Waals surface area contributed by atoms with Crippen LogP contribution in [0.4, 0.5) is 0 Å². The zero-order valence-electron chi connectivity index (χ0n) is 8.95. The molecule has 84 valence electrons. The third-order valence-corrected chi connectivity index (χ3v) is 2.76. The third-order valence-electron chi connectivity index (χ3n) is 2.76. The molecule has 0 bridgehead atoms. The predicted octanol–water partition coefficient (Wildman–Crippen LogP) is 1.28. The molecule has 0 saturated heterocycles. The van der Waals surface area contributed by atoms with E-state index in [4.69, 9.17) is 5.11 Å². The summed E-state index contributed by atoms with van der Waals surface area (Å²) >= 11 is 0. The van der Waals surface area contributed by atoms with E-state index in [0.29, 0.717) is 0 Å². The molecule has 6 heteroatoms. The van der Waals surface area contributed by atoms with E-state index in [2.05, 4.69) is 15.5 Å². The van der Waals surface area contributed by atoms with Gasteiger partial charge in [0.25, 0.3) is 0 Å².